The van der Waals surface area contributed by atoms with Crippen molar-refractivity contribution >= 4 is 0 Å². The summed E-state index contributed by atoms with van der Waals surface area (Å²) in [6.07, 6.45) is 2.23. The molecular formula is C9H15N3O2. The average molecular weight is 197 g/mol. The van der Waals surface area contributed by atoms with Crippen molar-refractivity contribution in [2.75, 3.05) is 6.54 Å². The molecule has 1 aliphatic rings. The summed E-state index contributed by atoms with van der Waals surface area (Å²) in [7, 11) is 0. The number of hydrogen-bond donors (Lipinski definition) is 2. The first kappa shape index (κ1) is 9.61. The topological polar surface area (TPSA) is 71.2 Å². The molecule has 2 N–H and O–H groups in total. The van der Waals surface area contributed by atoms with Crippen molar-refractivity contribution in [2.24, 2.45) is 0 Å². The minimum Gasteiger partial charge on any atom is -0.392 e. The molecule has 1 aromatic rings. The zero-order valence-electron chi connectivity index (χ0n) is 8.23. The molecule has 0 saturated carbocycles. The molecule has 0 aliphatic carbocycles. The lowest BCUT2D eigenvalue weighted by atomic mass is 10.2. The van der Waals surface area contributed by atoms with Gasteiger partial charge in [-0.3, -0.25) is 0 Å². The van der Waals surface area contributed by atoms with Gasteiger partial charge in [0.15, 0.2) is 5.82 Å². The summed E-state index contributed by atoms with van der Waals surface area (Å²) >= 11 is 0. The molecule has 1 aliphatic heterocycles. The van der Waals surface area contributed by atoms with E-state index in [1.165, 1.54) is 0 Å². The Hall–Kier alpha value is -0.940. The van der Waals surface area contributed by atoms with Crippen LogP contribution in [-0.4, -0.2) is 27.9 Å². The van der Waals surface area contributed by atoms with Crippen molar-refractivity contribution < 1.29 is 9.63 Å². The predicted molar refractivity (Wildman–Crippen MR) is 49.7 cm³/mol. The van der Waals surface area contributed by atoms with E-state index in [1.54, 1.807) is 0 Å². The van der Waals surface area contributed by atoms with Crippen LogP contribution in [0.2, 0.25) is 0 Å². The maximum Gasteiger partial charge on any atom is 0.243 e. The van der Waals surface area contributed by atoms with Crippen LogP contribution in [0.5, 0.6) is 0 Å². The number of nitrogens with one attached hydrogen (secondary N) is 1. The van der Waals surface area contributed by atoms with Crippen LogP contribution < -0.4 is 5.32 Å². The number of nitrogens with zero attached hydrogens (tertiary/aromatic N) is 2. The van der Waals surface area contributed by atoms with Crippen LogP contribution in [0.1, 0.15) is 37.5 Å². The largest absolute Gasteiger partial charge is 0.392 e. The Morgan fingerprint density at radius 1 is 1.64 bits per heavy atom. The van der Waals surface area contributed by atoms with Crippen molar-refractivity contribution in [3.8, 4) is 0 Å². The molecule has 1 aromatic heterocycles. The Balaban J connectivity index is 2.02. The standard InChI is InChI=1S/C9H15N3O2/c1-2-3-8-11-9(14-12-8)7-4-6(13)5-10-7/h6-7,10,13H,2-5H2,1H3/t6-,7+/m1/s1. The lowest BCUT2D eigenvalue weighted by Gasteiger charge is -2.01. The molecule has 0 radical (unpaired) electrons. The molecule has 1 fully saturated rings. The average Bonchev–Trinajstić information content (AvgIpc) is 2.74. The van der Waals surface area contributed by atoms with Crippen LogP contribution in [0.4, 0.5) is 0 Å². The Labute approximate surface area is 82.5 Å². The summed E-state index contributed by atoms with van der Waals surface area (Å²) in [5.41, 5.74) is 0. The van der Waals surface area contributed by atoms with E-state index in [-0.39, 0.29) is 12.1 Å². The SMILES string of the molecule is CCCc1noc([C@@H]2C[C@@H](O)CN2)n1. The van der Waals surface area contributed by atoms with E-state index >= 15 is 0 Å². The van der Waals surface area contributed by atoms with Gasteiger partial charge in [0.1, 0.15) is 0 Å². The van der Waals surface area contributed by atoms with Gasteiger partial charge in [-0.2, -0.15) is 4.98 Å². The van der Waals surface area contributed by atoms with Gasteiger partial charge in [0.2, 0.25) is 5.89 Å². The van der Waals surface area contributed by atoms with E-state index in [9.17, 15) is 5.11 Å². The van der Waals surface area contributed by atoms with Gasteiger partial charge >= 0.3 is 0 Å². The summed E-state index contributed by atoms with van der Waals surface area (Å²) in [5.74, 6) is 1.36. The smallest absolute Gasteiger partial charge is 0.243 e. The number of aryl methyl sites for hydroxylation is 1. The Bertz CT molecular complexity index is 300. The number of hydrogen-bond acceptors (Lipinski definition) is 5. The van der Waals surface area contributed by atoms with Crippen LogP contribution in [-0.2, 0) is 6.42 Å². The third kappa shape index (κ3) is 1.93. The predicted octanol–water partition coefficient (Wildman–Crippen LogP) is 0.417. The van der Waals surface area contributed by atoms with Gasteiger partial charge < -0.3 is 14.9 Å². The number of β-amino-alcohol motifs (C(OH)–C–C–N with tert-alkyl or cyclic N) is 1. The summed E-state index contributed by atoms with van der Waals surface area (Å²) in [5, 5.41) is 16.3. The number of aliphatic hydroxyl groups is 1. The van der Waals surface area contributed by atoms with Crippen LogP contribution in [0, 0.1) is 0 Å². The summed E-state index contributed by atoms with van der Waals surface area (Å²) in [6, 6.07) is 0.0307. The molecule has 0 amide bonds. The molecule has 14 heavy (non-hydrogen) atoms. The highest BCUT2D eigenvalue weighted by Crippen LogP contribution is 2.21. The number of aromatic nitrogens is 2. The fourth-order valence-electron chi connectivity index (χ4n) is 1.64. The maximum atomic E-state index is 9.32. The summed E-state index contributed by atoms with van der Waals surface area (Å²) in [4.78, 5) is 4.27. The maximum absolute atomic E-state index is 9.32. The van der Waals surface area contributed by atoms with Crippen molar-refractivity contribution in [3.05, 3.63) is 11.7 Å². The highest BCUT2D eigenvalue weighted by molar-refractivity contribution is 4.97. The van der Waals surface area contributed by atoms with Crippen LogP contribution >= 0.6 is 0 Å². The fraction of sp³-hybridized carbons (Fsp3) is 0.778. The molecule has 1 saturated heterocycles. The highest BCUT2D eigenvalue weighted by Gasteiger charge is 2.27. The van der Waals surface area contributed by atoms with E-state index < -0.39 is 0 Å². The summed E-state index contributed by atoms with van der Waals surface area (Å²) in [6.45, 7) is 2.68. The van der Waals surface area contributed by atoms with Crippen LogP contribution in [0.25, 0.3) is 0 Å². The molecule has 0 unspecified atom stereocenters. The molecule has 78 valence electrons. The quantitative estimate of drug-likeness (QED) is 0.734. The van der Waals surface area contributed by atoms with Gasteiger partial charge in [-0.1, -0.05) is 12.1 Å². The molecule has 0 spiro atoms. The van der Waals surface area contributed by atoms with Crippen molar-refractivity contribution in [1.82, 2.24) is 15.5 Å². The van der Waals surface area contributed by atoms with Gasteiger partial charge in [-0.15, -0.1) is 0 Å². The Morgan fingerprint density at radius 2 is 2.50 bits per heavy atom. The second kappa shape index (κ2) is 4.06. The van der Waals surface area contributed by atoms with Crippen molar-refractivity contribution in [2.45, 2.75) is 38.3 Å². The highest BCUT2D eigenvalue weighted by atomic mass is 16.5. The van der Waals surface area contributed by atoms with E-state index in [4.69, 9.17) is 4.52 Å². The van der Waals surface area contributed by atoms with Crippen molar-refractivity contribution in [3.63, 3.8) is 0 Å². The number of aliphatic hydroxyl groups excluding tert-OH is 1. The van der Waals surface area contributed by atoms with Gasteiger partial charge in [0, 0.05) is 13.0 Å². The number of rotatable bonds is 3. The first-order chi connectivity index (χ1) is 6.79. The third-order valence-corrected chi connectivity index (χ3v) is 2.36. The van der Waals surface area contributed by atoms with Gasteiger partial charge in [0.05, 0.1) is 12.1 Å². The molecular weight excluding hydrogens is 182 g/mol. The second-order valence-corrected chi connectivity index (χ2v) is 3.65. The third-order valence-electron chi connectivity index (χ3n) is 2.36. The molecule has 0 aromatic carbocycles. The second-order valence-electron chi connectivity index (χ2n) is 3.65. The van der Waals surface area contributed by atoms with Gasteiger partial charge in [-0.05, 0) is 12.8 Å². The van der Waals surface area contributed by atoms with Gasteiger partial charge in [0.25, 0.3) is 0 Å². The first-order valence-corrected chi connectivity index (χ1v) is 5.03. The zero-order chi connectivity index (χ0) is 9.97. The Kier molecular flexibility index (Phi) is 2.79. The van der Waals surface area contributed by atoms with Crippen LogP contribution in [0.15, 0.2) is 4.52 Å². The monoisotopic (exact) mass is 197 g/mol. The summed E-state index contributed by atoms with van der Waals surface area (Å²) < 4.78 is 5.11. The molecule has 2 heterocycles. The normalized spacial score (nSPS) is 27.0. The molecule has 5 nitrogen and oxygen atoms in total. The molecule has 2 atom stereocenters. The molecule has 5 heteroatoms. The molecule has 0 bridgehead atoms. The fourth-order valence-corrected chi connectivity index (χ4v) is 1.64. The zero-order valence-corrected chi connectivity index (χ0v) is 8.23. The van der Waals surface area contributed by atoms with E-state index in [2.05, 4.69) is 22.4 Å². The first-order valence-electron chi connectivity index (χ1n) is 5.03. The van der Waals surface area contributed by atoms with Gasteiger partial charge in [-0.25, -0.2) is 0 Å². The lowest BCUT2D eigenvalue weighted by molar-refractivity contribution is 0.191. The Morgan fingerprint density at radius 3 is 3.14 bits per heavy atom. The van der Waals surface area contributed by atoms with Crippen LogP contribution in [0.3, 0.4) is 0 Å². The lowest BCUT2D eigenvalue weighted by Crippen LogP contribution is -2.15. The minimum absolute atomic E-state index is 0.0307. The molecule has 2 rings (SSSR count). The minimum atomic E-state index is -0.290. The van der Waals surface area contributed by atoms with E-state index in [1.807, 2.05) is 0 Å². The van der Waals surface area contributed by atoms with Crippen molar-refractivity contribution in [1.29, 1.82) is 0 Å². The van der Waals surface area contributed by atoms with E-state index in [0.717, 1.165) is 18.7 Å². The van der Waals surface area contributed by atoms with E-state index in [0.29, 0.717) is 18.9 Å².